The molecule has 0 amide bonds. The number of pyridine rings is 1. The number of hydrogen-bond acceptors (Lipinski definition) is 4. The fraction of sp³-hybridized carbons (Fsp3) is 0.267. The number of sulfonamides is 1. The Balaban J connectivity index is 2.45. The quantitative estimate of drug-likeness (QED) is 0.724. The van der Waals surface area contributed by atoms with E-state index < -0.39 is 45.1 Å². The topological polar surface area (TPSA) is 59.5 Å². The molecule has 2 aromatic rings. The molecule has 0 saturated carbocycles. The molecule has 0 bridgehead atoms. The smallest absolute Gasteiger partial charge is 0.388 e. The molecular weight excluding hydrogens is 364 g/mol. The average molecular weight is 378 g/mol. The van der Waals surface area contributed by atoms with Crippen LogP contribution in [0, 0.1) is 11.6 Å². The van der Waals surface area contributed by atoms with Crippen molar-refractivity contribution >= 4 is 10.0 Å². The Kier molecular flexibility index (Phi) is 5.63. The monoisotopic (exact) mass is 378 g/mol. The van der Waals surface area contributed by atoms with Gasteiger partial charge in [0.1, 0.15) is 16.5 Å². The van der Waals surface area contributed by atoms with Gasteiger partial charge < -0.3 is 4.74 Å². The third kappa shape index (κ3) is 4.26. The molecule has 0 aliphatic rings. The highest BCUT2D eigenvalue weighted by molar-refractivity contribution is 7.89. The number of benzene rings is 1. The number of aromatic nitrogens is 1. The lowest BCUT2D eigenvalue weighted by molar-refractivity contribution is -0.0550. The zero-order valence-electron chi connectivity index (χ0n) is 13.2. The van der Waals surface area contributed by atoms with Gasteiger partial charge in [-0.05, 0) is 24.6 Å². The summed E-state index contributed by atoms with van der Waals surface area (Å²) in [7, 11) is -3.29. The SMILES string of the molecule is C[C@@H](c1cccc(F)c1)N(C)S(=O)(=O)c1cc(F)cnc1OC(F)F. The molecule has 0 aliphatic heterocycles. The Morgan fingerprint density at radius 2 is 1.84 bits per heavy atom. The minimum atomic E-state index is -4.45. The Morgan fingerprint density at radius 1 is 1.16 bits per heavy atom. The predicted molar refractivity (Wildman–Crippen MR) is 80.6 cm³/mol. The van der Waals surface area contributed by atoms with Crippen molar-refractivity contribution in [3.05, 3.63) is 53.7 Å². The molecule has 10 heteroatoms. The van der Waals surface area contributed by atoms with Crippen LogP contribution in [-0.4, -0.2) is 31.4 Å². The molecule has 0 unspecified atom stereocenters. The molecule has 0 fully saturated rings. The summed E-state index contributed by atoms with van der Waals surface area (Å²) in [5, 5.41) is 0. The second-order valence-corrected chi connectivity index (χ2v) is 7.05. The van der Waals surface area contributed by atoms with E-state index in [2.05, 4.69) is 9.72 Å². The fourth-order valence-electron chi connectivity index (χ4n) is 2.11. The van der Waals surface area contributed by atoms with Crippen molar-refractivity contribution in [3.63, 3.8) is 0 Å². The maximum Gasteiger partial charge on any atom is 0.388 e. The molecule has 1 aromatic carbocycles. The second-order valence-electron chi connectivity index (χ2n) is 5.09. The van der Waals surface area contributed by atoms with E-state index in [9.17, 15) is 26.0 Å². The van der Waals surface area contributed by atoms with Gasteiger partial charge in [-0.15, -0.1) is 0 Å². The molecule has 1 heterocycles. The maximum absolute atomic E-state index is 13.4. The molecular formula is C15H14F4N2O3S. The van der Waals surface area contributed by atoms with Crippen molar-refractivity contribution in [2.75, 3.05) is 7.05 Å². The molecule has 0 radical (unpaired) electrons. The molecule has 0 saturated heterocycles. The van der Waals surface area contributed by atoms with Gasteiger partial charge in [0.05, 0.1) is 6.20 Å². The van der Waals surface area contributed by atoms with E-state index in [1.807, 2.05) is 0 Å². The van der Waals surface area contributed by atoms with Gasteiger partial charge in [-0.1, -0.05) is 12.1 Å². The third-order valence-electron chi connectivity index (χ3n) is 3.52. The highest BCUT2D eigenvalue weighted by Gasteiger charge is 2.31. The summed E-state index contributed by atoms with van der Waals surface area (Å²) in [5.41, 5.74) is 0.326. The first-order valence-corrected chi connectivity index (χ1v) is 8.40. The number of nitrogens with zero attached hydrogens (tertiary/aromatic N) is 2. The van der Waals surface area contributed by atoms with E-state index in [-0.39, 0.29) is 0 Å². The van der Waals surface area contributed by atoms with Crippen LogP contribution >= 0.6 is 0 Å². The number of rotatable bonds is 6. The number of ether oxygens (including phenoxy) is 1. The van der Waals surface area contributed by atoms with E-state index >= 15 is 0 Å². The minimum Gasteiger partial charge on any atom is -0.415 e. The van der Waals surface area contributed by atoms with E-state index in [0.29, 0.717) is 17.8 Å². The highest BCUT2D eigenvalue weighted by atomic mass is 32.2. The van der Waals surface area contributed by atoms with Crippen molar-refractivity contribution in [1.82, 2.24) is 9.29 Å². The number of halogens is 4. The van der Waals surface area contributed by atoms with Gasteiger partial charge in [0, 0.05) is 19.2 Å². The van der Waals surface area contributed by atoms with E-state index in [0.717, 1.165) is 17.4 Å². The third-order valence-corrected chi connectivity index (χ3v) is 5.44. The molecule has 0 aliphatic carbocycles. The molecule has 5 nitrogen and oxygen atoms in total. The fourth-order valence-corrected chi connectivity index (χ4v) is 3.54. The summed E-state index contributed by atoms with van der Waals surface area (Å²) in [6, 6.07) is 4.90. The summed E-state index contributed by atoms with van der Waals surface area (Å²) >= 11 is 0. The van der Waals surface area contributed by atoms with Crippen molar-refractivity contribution in [1.29, 1.82) is 0 Å². The first kappa shape index (κ1) is 19.1. The van der Waals surface area contributed by atoms with Gasteiger partial charge in [0.15, 0.2) is 0 Å². The first-order valence-electron chi connectivity index (χ1n) is 6.96. The van der Waals surface area contributed by atoms with Gasteiger partial charge in [0.25, 0.3) is 0 Å². The molecule has 1 atom stereocenters. The van der Waals surface area contributed by atoms with Crippen molar-refractivity contribution < 1.29 is 30.7 Å². The Labute approximate surface area is 141 Å². The number of alkyl halides is 2. The van der Waals surface area contributed by atoms with Gasteiger partial charge in [-0.3, -0.25) is 0 Å². The van der Waals surface area contributed by atoms with Crippen molar-refractivity contribution in [2.45, 2.75) is 24.5 Å². The highest BCUT2D eigenvalue weighted by Crippen LogP contribution is 2.31. The summed E-state index contributed by atoms with van der Waals surface area (Å²) < 4.78 is 81.9. The van der Waals surface area contributed by atoms with Crippen LogP contribution in [0.4, 0.5) is 17.6 Å². The molecule has 136 valence electrons. The van der Waals surface area contributed by atoms with Gasteiger partial charge in [-0.2, -0.15) is 13.1 Å². The standard InChI is InChI=1S/C15H14F4N2O3S/c1-9(10-4-3-5-11(16)6-10)21(2)25(22,23)13-7-12(17)8-20-14(13)24-15(18)19/h3-9,15H,1-2H3/t9-/m0/s1. The summed E-state index contributed by atoms with van der Waals surface area (Å²) in [4.78, 5) is 2.42. The average Bonchev–Trinajstić information content (AvgIpc) is 2.54. The van der Waals surface area contributed by atoms with Gasteiger partial charge in [0.2, 0.25) is 15.9 Å². The molecule has 1 aromatic heterocycles. The van der Waals surface area contributed by atoms with Crippen molar-refractivity contribution in [3.8, 4) is 5.88 Å². The molecule has 25 heavy (non-hydrogen) atoms. The van der Waals surface area contributed by atoms with Crippen LogP contribution in [0.25, 0.3) is 0 Å². The van der Waals surface area contributed by atoms with Gasteiger partial charge in [-0.25, -0.2) is 22.2 Å². The van der Waals surface area contributed by atoms with E-state index in [4.69, 9.17) is 0 Å². The first-order chi connectivity index (χ1) is 11.6. The summed E-state index contributed by atoms with van der Waals surface area (Å²) in [6.07, 6.45) is 0.562. The lowest BCUT2D eigenvalue weighted by Crippen LogP contribution is -2.30. The Morgan fingerprint density at radius 3 is 2.44 bits per heavy atom. The van der Waals surface area contributed by atoms with Crippen LogP contribution in [0.3, 0.4) is 0 Å². The zero-order valence-corrected chi connectivity index (χ0v) is 14.0. The van der Waals surface area contributed by atoms with Crippen LogP contribution in [0.1, 0.15) is 18.5 Å². The largest absolute Gasteiger partial charge is 0.415 e. The summed E-state index contributed by atoms with van der Waals surface area (Å²) in [6.45, 7) is -1.87. The maximum atomic E-state index is 13.4. The second kappa shape index (κ2) is 7.36. The van der Waals surface area contributed by atoms with Gasteiger partial charge >= 0.3 is 6.61 Å². The predicted octanol–water partition coefficient (Wildman–Crippen LogP) is 3.34. The normalized spacial score (nSPS) is 13.3. The number of hydrogen-bond donors (Lipinski definition) is 0. The lowest BCUT2D eigenvalue weighted by Gasteiger charge is -2.25. The lowest BCUT2D eigenvalue weighted by atomic mass is 10.1. The molecule has 2 rings (SSSR count). The van der Waals surface area contributed by atoms with Crippen molar-refractivity contribution in [2.24, 2.45) is 0 Å². The molecule has 0 N–H and O–H groups in total. The van der Waals surface area contributed by atoms with E-state index in [1.54, 1.807) is 0 Å². The van der Waals surface area contributed by atoms with Crippen LogP contribution in [0.5, 0.6) is 5.88 Å². The van der Waals surface area contributed by atoms with Crippen LogP contribution < -0.4 is 4.74 Å². The molecule has 0 spiro atoms. The van der Waals surface area contributed by atoms with Crippen LogP contribution in [-0.2, 0) is 10.0 Å². The minimum absolute atomic E-state index is 0.326. The van der Waals surface area contributed by atoms with E-state index in [1.165, 1.54) is 25.1 Å². The van der Waals surface area contributed by atoms with Crippen LogP contribution in [0.2, 0.25) is 0 Å². The Hall–Kier alpha value is -2.20. The summed E-state index contributed by atoms with van der Waals surface area (Å²) in [5.74, 6) is -2.52. The van der Waals surface area contributed by atoms with Crippen LogP contribution in [0.15, 0.2) is 41.4 Å². The zero-order chi connectivity index (χ0) is 18.8. The Bertz CT molecular complexity index is 862.